The summed E-state index contributed by atoms with van der Waals surface area (Å²) in [4.78, 5) is 7.95. The predicted molar refractivity (Wildman–Crippen MR) is 77.4 cm³/mol. The van der Waals surface area contributed by atoms with E-state index in [4.69, 9.17) is 5.73 Å². The average Bonchev–Trinajstić information content (AvgIpc) is 2.58. The normalized spacial score (nSPS) is 18.2. The van der Waals surface area contributed by atoms with Crippen LogP contribution in [-0.4, -0.2) is 23.9 Å². The number of halogens is 1. The first-order chi connectivity index (χ1) is 8.25. The van der Waals surface area contributed by atoms with Crippen molar-refractivity contribution in [1.29, 1.82) is 0 Å². The topological polar surface area (TPSA) is 41.6 Å². The lowest BCUT2D eigenvalue weighted by molar-refractivity contribution is 0.428. The number of thiophene rings is 1. The standard InChI is InChI=1S/C12H18BrN3S/c13-10-7-11(17-9-10)8-15-12(14)16-5-3-1-2-4-6-16/h7,9H,1-6,8H2,(H2,14,15). The fraction of sp³-hybridized carbons (Fsp3) is 0.583. The Hall–Kier alpha value is -0.550. The van der Waals surface area contributed by atoms with Gasteiger partial charge in [0.05, 0.1) is 6.54 Å². The lowest BCUT2D eigenvalue weighted by Gasteiger charge is -2.20. The maximum atomic E-state index is 6.04. The molecule has 1 aromatic heterocycles. The number of rotatable bonds is 2. The lowest BCUT2D eigenvalue weighted by Crippen LogP contribution is -2.38. The van der Waals surface area contributed by atoms with E-state index in [0.29, 0.717) is 12.5 Å². The molecule has 3 nitrogen and oxygen atoms in total. The number of nitrogens with two attached hydrogens (primary N) is 1. The van der Waals surface area contributed by atoms with Gasteiger partial charge in [-0.05, 0) is 34.8 Å². The maximum absolute atomic E-state index is 6.04. The molecule has 0 unspecified atom stereocenters. The number of hydrogen-bond acceptors (Lipinski definition) is 2. The zero-order valence-electron chi connectivity index (χ0n) is 9.86. The van der Waals surface area contributed by atoms with Crippen LogP contribution in [-0.2, 0) is 6.54 Å². The molecule has 1 fully saturated rings. The first kappa shape index (κ1) is 12.9. The molecular formula is C12H18BrN3S. The summed E-state index contributed by atoms with van der Waals surface area (Å²) in [7, 11) is 0. The monoisotopic (exact) mass is 315 g/mol. The maximum Gasteiger partial charge on any atom is 0.191 e. The molecule has 0 radical (unpaired) electrons. The summed E-state index contributed by atoms with van der Waals surface area (Å²) in [6.07, 6.45) is 5.12. The molecule has 0 spiro atoms. The Morgan fingerprint density at radius 2 is 2.06 bits per heavy atom. The van der Waals surface area contributed by atoms with Gasteiger partial charge in [-0.2, -0.15) is 0 Å². The van der Waals surface area contributed by atoms with Crippen molar-refractivity contribution in [3.63, 3.8) is 0 Å². The van der Waals surface area contributed by atoms with Gasteiger partial charge in [-0.25, -0.2) is 4.99 Å². The van der Waals surface area contributed by atoms with Gasteiger partial charge < -0.3 is 10.6 Å². The van der Waals surface area contributed by atoms with Crippen LogP contribution in [0.4, 0.5) is 0 Å². The van der Waals surface area contributed by atoms with Crippen LogP contribution in [0.25, 0.3) is 0 Å². The van der Waals surface area contributed by atoms with Crippen molar-refractivity contribution in [2.24, 2.45) is 10.7 Å². The summed E-state index contributed by atoms with van der Waals surface area (Å²) in [5.74, 6) is 0.705. The molecule has 0 atom stereocenters. The Morgan fingerprint density at radius 3 is 2.65 bits per heavy atom. The second kappa shape index (κ2) is 6.40. The average molecular weight is 316 g/mol. The van der Waals surface area contributed by atoms with Gasteiger partial charge in [0.25, 0.3) is 0 Å². The van der Waals surface area contributed by atoms with E-state index in [-0.39, 0.29) is 0 Å². The third kappa shape index (κ3) is 4.00. The second-order valence-electron chi connectivity index (χ2n) is 4.31. The fourth-order valence-corrected chi connectivity index (χ4v) is 3.37. The summed E-state index contributed by atoms with van der Waals surface area (Å²) in [5.41, 5.74) is 6.04. The predicted octanol–water partition coefficient (Wildman–Crippen LogP) is 3.20. The molecule has 94 valence electrons. The van der Waals surface area contributed by atoms with Crippen LogP contribution >= 0.6 is 27.3 Å². The largest absolute Gasteiger partial charge is 0.370 e. The van der Waals surface area contributed by atoms with Crippen LogP contribution in [0.1, 0.15) is 30.6 Å². The smallest absolute Gasteiger partial charge is 0.191 e. The minimum Gasteiger partial charge on any atom is -0.370 e. The Kier molecular flexibility index (Phi) is 4.86. The first-order valence-corrected chi connectivity index (χ1v) is 7.71. The van der Waals surface area contributed by atoms with Crippen molar-refractivity contribution in [1.82, 2.24) is 4.90 Å². The molecule has 1 aliphatic heterocycles. The van der Waals surface area contributed by atoms with Crippen molar-refractivity contribution >= 4 is 33.2 Å². The van der Waals surface area contributed by atoms with Gasteiger partial charge in [0.15, 0.2) is 5.96 Å². The van der Waals surface area contributed by atoms with Crippen LogP contribution < -0.4 is 5.73 Å². The number of likely N-dealkylation sites (tertiary alicyclic amines) is 1. The molecule has 5 heteroatoms. The molecule has 2 heterocycles. The van der Waals surface area contributed by atoms with E-state index in [1.165, 1.54) is 30.6 Å². The molecule has 2 N–H and O–H groups in total. The minimum absolute atomic E-state index is 0.693. The highest BCUT2D eigenvalue weighted by Gasteiger charge is 2.10. The molecule has 2 rings (SSSR count). The van der Waals surface area contributed by atoms with Crippen molar-refractivity contribution in [2.75, 3.05) is 13.1 Å². The van der Waals surface area contributed by atoms with Gasteiger partial charge in [-0.15, -0.1) is 11.3 Å². The zero-order chi connectivity index (χ0) is 12.1. The summed E-state index contributed by atoms with van der Waals surface area (Å²) in [6, 6.07) is 2.10. The van der Waals surface area contributed by atoms with Crippen LogP contribution in [0.3, 0.4) is 0 Å². The molecule has 0 aromatic carbocycles. The summed E-state index contributed by atoms with van der Waals surface area (Å²) < 4.78 is 1.13. The third-order valence-electron chi connectivity index (χ3n) is 2.95. The number of guanidine groups is 1. The highest BCUT2D eigenvalue weighted by molar-refractivity contribution is 9.10. The third-order valence-corrected chi connectivity index (χ3v) is 4.63. The van der Waals surface area contributed by atoms with Gasteiger partial charge in [0.2, 0.25) is 0 Å². The van der Waals surface area contributed by atoms with Crippen LogP contribution in [0.15, 0.2) is 20.9 Å². The highest BCUT2D eigenvalue weighted by Crippen LogP contribution is 2.20. The van der Waals surface area contributed by atoms with E-state index >= 15 is 0 Å². The van der Waals surface area contributed by atoms with Crippen molar-refractivity contribution in [3.05, 3.63) is 20.8 Å². The number of aliphatic imine (C=N–C) groups is 1. The van der Waals surface area contributed by atoms with E-state index in [0.717, 1.165) is 17.6 Å². The molecular weight excluding hydrogens is 298 g/mol. The first-order valence-electron chi connectivity index (χ1n) is 6.03. The van der Waals surface area contributed by atoms with Gasteiger partial charge in [0, 0.05) is 27.8 Å². The van der Waals surface area contributed by atoms with E-state index in [2.05, 4.69) is 37.3 Å². The number of nitrogens with zero attached hydrogens (tertiary/aromatic N) is 2. The minimum atomic E-state index is 0.693. The molecule has 1 aromatic rings. The van der Waals surface area contributed by atoms with Gasteiger partial charge in [-0.1, -0.05) is 12.8 Å². The SMILES string of the molecule is NC(=NCc1cc(Br)cs1)N1CCCCCC1. The molecule has 0 saturated carbocycles. The van der Waals surface area contributed by atoms with E-state index in [9.17, 15) is 0 Å². The Balaban J connectivity index is 1.91. The van der Waals surface area contributed by atoms with Crippen molar-refractivity contribution in [3.8, 4) is 0 Å². The van der Waals surface area contributed by atoms with Crippen LogP contribution in [0, 0.1) is 0 Å². The lowest BCUT2D eigenvalue weighted by atomic mass is 10.2. The summed E-state index contributed by atoms with van der Waals surface area (Å²) in [6.45, 7) is 2.81. The quantitative estimate of drug-likeness (QED) is 0.672. The molecule has 0 amide bonds. The molecule has 17 heavy (non-hydrogen) atoms. The zero-order valence-corrected chi connectivity index (χ0v) is 12.3. The second-order valence-corrected chi connectivity index (χ2v) is 6.22. The fourth-order valence-electron chi connectivity index (χ4n) is 2.00. The Bertz CT molecular complexity index is 381. The Morgan fingerprint density at radius 1 is 1.35 bits per heavy atom. The van der Waals surface area contributed by atoms with Crippen LogP contribution in [0.5, 0.6) is 0 Å². The van der Waals surface area contributed by atoms with Crippen molar-refractivity contribution in [2.45, 2.75) is 32.2 Å². The number of hydrogen-bond donors (Lipinski definition) is 1. The van der Waals surface area contributed by atoms with Gasteiger partial charge >= 0.3 is 0 Å². The molecule has 0 aliphatic carbocycles. The van der Waals surface area contributed by atoms with E-state index < -0.39 is 0 Å². The summed E-state index contributed by atoms with van der Waals surface area (Å²) in [5, 5.41) is 2.08. The highest BCUT2D eigenvalue weighted by atomic mass is 79.9. The molecule has 1 aliphatic rings. The van der Waals surface area contributed by atoms with Crippen LogP contribution in [0.2, 0.25) is 0 Å². The molecule has 0 bridgehead atoms. The summed E-state index contributed by atoms with van der Waals surface area (Å²) >= 11 is 5.16. The Labute approximate surface area is 115 Å². The van der Waals surface area contributed by atoms with E-state index in [1.807, 2.05) is 0 Å². The molecule has 1 saturated heterocycles. The van der Waals surface area contributed by atoms with Gasteiger partial charge in [-0.3, -0.25) is 0 Å². The van der Waals surface area contributed by atoms with Crippen molar-refractivity contribution < 1.29 is 0 Å². The van der Waals surface area contributed by atoms with E-state index in [1.54, 1.807) is 11.3 Å². The van der Waals surface area contributed by atoms with Gasteiger partial charge in [0.1, 0.15) is 0 Å².